The van der Waals surface area contributed by atoms with E-state index in [2.05, 4.69) is 9.72 Å². The number of ketones is 1. The van der Waals surface area contributed by atoms with E-state index in [1.54, 1.807) is 12.1 Å². The number of carbonyl (C=O) groups is 2. The maximum absolute atomic E-state index is 12.1. The van der Waals surface area contributed by atoms with Crippen LogP contribution in [0.25, 0.3) is 11.1 Å². The summed E-state index contributed by atoms with van der Waals surface area (Å²) in [5.41, 5.74) is 1.52. The number of nitrogens with zero attached hydrogens (tertiary/aromatic N) is 1. The third-order valence-electron chi connectivity index (χ3n) is 3.35. The highest BCUT2D eigenvalue weighted by Gasteiger charge is 2.13. The van der Waals surface area contributed by atoms with Crippen molar-refractivity contribution in [1.82, 2.24) is 4.98 Å². The first-order chi connectivity index (χ1) is 13.0. The Morgan fingerprint density at radius 2 is 1.85 bits per heavy atom. The predicted molar refractivity (Wildman–Crippen MR) is 93.1 cm³/mol. The molecular formula is C18H13F2NO5S. The van der Waals surface area contributed by atoms with E-state index >= 15 is 0 Å². The number of para-hydroxylation sites is 2. The summed E-state index contributed by atoms with van der Waals surface area (Å²) in [4.78, 5) is 28.0. The van der Waals surface area contributed by atoms with E-state index in [0.717, 1.165) is 11.8 Å². The lowest BCUT2D eigenvalue weighted by molar-refractivity contribution is -0.139. The van der Waals surface area contributed by atoms with Gasteiger partial charge in [0.25, 0.3) is 5.22 Å². The van der Waals surface area contributed by atoms with Gasteiger partial charge in [-0.3, -0.25) is 9.59 Å². The van der Waals surface area contributed by atoms with Crippen LogP contribution in [0.4, 0.5) is 8.78 Å². The first-order valence-corrected chi connectivity index (χ1v) is 8.72. The molecule has 0 spiro atoms. The van der Waals surface area contributed by atoms with Crippen LogP contribution in [0.3, 0.4) is 0 Å². The molecule has 3 rings (SSSR count). The number of alkyl halides is 2. The number of hydrogen-bond donors (Lipinski definition) is 0. The van der Waals surface area contributed by atoms with Crippen LogP contribution in [0.1, 0.15) is 10.4 Å². The highest BCUT2D eigenvalue weighted by molar-refractivity contribution is 7.99. The number of fused-ring (bicyclic) bond motifs is 1. The van der Waals surface area contributed by atoms with Crippen molar-refractivity contribution >= 4 is 34.6 Å². The van der Waals surface area contributed by atoms with Crippen LogP contribution in [-0.4, -0.2) is 35.7 Å². The summed E-state index contributed by atoms with van der Waals surface area (Å²) in [6, 6.07) is 12.3. The molecule has 0 amide bonds. The molecule has 0 saturated heterocycles. The smallest absolute Gasteiger partial charge is 0.387 e. The fraction of sp³-hybridized carbons (Fsp3) is 0.167. The molecule has 0 saturated carbocycles. The number of oxazole rings is 1. The molecule has 0 N–H and O–H groups in total. The summed E-state index contributed by atoms with van der Waals surface area (Å²) in [5, 5.41) is 0.328. The number of esters is 1. The minimum Gasteiger partial charge on any atom is -0.457 e. The lowest BCUT2D eigenvalue weighted by Crippen LogP contribution is -2.15. The van der Waals surface area contributed by atoms with Gasteiger partial charge >= 0.3 is 12.6 Å². The first kappa shape index (κ1) is 18.8. The zero-order valence-corrected chi connectivity index (χ0v) is 14.6. The molecule has 0 atom stereocenters. The number of hydrogen-bond acceptors (Lipinski definition) is 7. The third-order valence-corrected chi connectivity index (χ3v) is 4.16. The van der Waals surface area contributed by atoms with Crippen LogP contribution >= 0.6 is 11.8 Å². The molecule has 0 aliphatic heterocycles. The molecule has 9 heteroatoms. The highest BCUT2D eigenvalue weighted by Crippen LogP contribution is 2.23. The molecule has 1 aromatic heterocycles. The van der Waals surface area contributed by atoms with Gasteiger partial charge in [-0.05, 0) is 36.4 Å². The SMILES string of the molecule is O=C(CSc1nc2ccccc2o1)OCC(=O)c1ccc(OC(F)F)cc1. The van der Waals surface area contributed by atoms with E-state index in [9.17, 15) is 18.4 Å². The summed E-state index contributed by atoms with van der Waals surface area (Å²) in [6.45, 7) is -3.40. The van der Waals surface area contributed by atoms with Gasteiger partial charge in [-0.1, -0.05) is 23.9 Å². The molecule has 1 heterocycles. The van der Waals surface area contributed by atoms with Crippen molar-refractivity contribution in [3.63, 3.8) is 0 Å². The Kier molecular flexibility index (Phi) is 6.02. The highest BCUT2D eigenvalue weighted by atomic mass is 32.2. The fourth-order valence-corrected chi connectivity index (χ4v) is 2.76. The van der Waals surface area contributed by atoms with E-state index in [1.807, 2.05) is 12.1 Å². The Labute approximate surface area is 156 Å². The minimum atomic E-state index is -2.94. The van der Waals surface area contributed by atoms with Crippen molar-refractivity contribution in [2.24, 2.45) is 0 Å². The molecule has 140 valence electrons. The van der Waals surface area contributed by atoms with Crippen LogP contribution in [0, 0.1) is 0 Å². The van der Waals surface area contributed by atoms with Gasteiger partial charge in [0.15, 0.2) is 18.0 Å². The molecule has 0 aliphatic rings. The zero-order valence-electron chi connectivity index (χ0n) is 13.8. The second-order valence-electron chi connectivity index (χ2n) is 5.22. The molecule has 6 nitrogen and oxygen atoms in total. The van der Waals surface area contributed by atoms with Gasteiger partial charge in [-0.25, -0.2) is 4.98 Å². The standard InChI is InChI=1S/C18H13F2NO5S/c19-17(20)25-12-7-5-11(6-8-12)14(22)9-24-16(23)10-27-18-21-13-3-1-2-4-15(13)26-18/h1-8,17H,9-10H2. The maximum atomic E-state index is 12.1. The van der Waals surface area contributed by atoms with Crippen molar-refractivity contribution in [2.75, 3.05) is 12.4 Å². The molecule has 0 unspecified atom stereocenters. The number of benzene rings is 2. The summed E-state index contributed by atoms with van der Waals surface area (Å²) in [6.07, 6.45) is 0. The van der Waals surface area contributed by atoms with Gasteiger partial charge in [0, 0.05) is 5.56 Å². The zero-order chi connectivity index (χ0) is 19.2. The van der Waals surface area contributed by atoms with Gasteiger partial charge < -0.3 is 13.9 Å². The van der Waals surface area contributed by atoms with E-state index in [1.165, 1.54) is 24.3 Å². The van der Waals surface area contributed by atoms with Gasteiger partial charge in [0.1, 0.15) is 17.0 Å². The average molecular weight is 393 g/mol. The quantitative estimate of drug-likeness (QED) is 0.326. The topological polar surface area (TPSA) is 78.6 Å². The van der Waals surface area contributed by atoms with Crippen LogP contribution < -0.4 is 4.74 Å². The van der Waals surface area contributed by atoms with Crippen LogP contribution in [0.15, 0.2) is 58.2 Å². The van der Waals surface area contributed by atoms with Gasteiger partial charge in [-0.15, -0.1) is 0 Å². The van der Waals surface area contributed by atoms with Crippen molar-refractivity contribution < 1.29 is 32.3 Å². The summed E-state index contributed by atoms with van der Waals surface area (Å²) >= 11 is 1.06. The summed E-state index contributed by atoms with van der Waals surface area (Å²) in [5.74, 6) is -1.19. The van der Waals surface area contributed by atoms with Gasteiger partial charge in [-0.2, -0.15) is 8.78 Å². The number of ether oxygens (including phenoxy) is 2. The second kappa shape index (κ2) is 8.63. The first-order valence-electron chi connectivity index (χ1n) is 7.73. The number of halogens is 2. The number of rotatable bonds is 8. The number of Topliss-reactive ketones (excluding diaryl/α,β-unsaturated/α-hetero) is 1. The predicted octanol–water partition coefficient (Wildman–Crippen LogP) is 3.95. The molecule has 27 heavy (non-hydrogen) atoms. The van der Waals surface area contributed by atoms with Crippen LogP contribution in [0.2, 0.25) is 0 Å². The Morgan fingerprint density at radius 3 is 2.56 bits per heavy atom. The molecular weight excluding hydrogens is 380 g/mol. The number of aromatic nitrogens is 1. The van der Waals surface area contributed by atoms with E-state index in [-0.39, 0.29) is 17.1 Å². The van der Waals surface area contributed by atoms with Gasteiger partial charge in [0.2, 0.25) is 0 Å². The minimum absolute atomic E-state index is 0.0618. The van der Waals surface area contributed by atoms with E-state index < -0.39 is 25.0 Å². The monoisotopic (exact) mass is 393 g/mol. The largest absolute Gasteiger partial charge is 0.457 e. The van der Waals surface area contributed by atoms with E-state index in [0.29, 0.717) is 16.3 Å². The van der Waals surface area contributed by atoms with Crippen molar-refractivity contribution in [2.45, 2.75) is 11.8 Å². The molecule has 0 aliphatic carbocycles. The van der Waals surface area contributed by atoms with E-state index in [4.69, 9.17) is 9.15 Å². The lowest BCUT2D eigenvalue weighted by Gasteiger charge is -2.06. The molecule has 3 aromatic rings. The molecule has 0 radical (unpaired) electrons. The maximum Gasteiger partial charge on any atom is 0.387 e. The number of thioether (sulfide) groups is 1. The second-order valence-corrected chi connectivity index (χ2v) is 6.15. The Balaban J connectivity index is 1.46. The summed E-state index contributed by atoms with van der Waals surface area (Å²) < 4.78 is 38.7. The van der Waals surface area contributed by atoms with Crippen LogP contribution in [-0.2, 0) is 9.53 Å². The van der Waals surface area contributed by atoms with Crippen molar-refractivity contribution in [1.29, 1.82) is 0 Å². The summed E-state index contributed by atoms with van der Waals surface area (Å²) in [7, 11) is 0. The fourth-order valence-electron chi connectivity index (χ4n) is 2.13. The third kappa shape index (κ3) is 5.27. The Bertz CT molecular complexity index is 909. The Hall–Kier alpha value is -2.94. The molecule has 0 fully saturated rings. The average Bonchev–Trinajstić information content (AvgIpc) is 3.07. The van der Waals surface area contributed by atoms with Gasteiger partial charge in [0.05, 0.1) is 0 Å². The molecule has 0 bridgehead atoms. The Morgan fingerprint density at radius 1 is 1.11 bits per heavy atom. The lowest BCUT2D eigenvalue weighted by atomic mass is 10.1. The normalized spacial score (nSPS) is 10.9. The van der Waals surface area contributed by atoms with Crippen molar-refractivity contribution in [3.05, 3.63) is 54.1 Å². The molecule has 2 aromatic carbocycles. The number of carbonyl (C=O) groups excluding carboxylic acids is 2. The van der Waals surface area contributed by atoms with Crippen LogP contribution in [0.5, 0.6) is 5.75 Å². The van der Waals surface area contributed by atoms with Crippen molar-refractivity contribution in [3.8, 4) is 5.75 Å².